The van der Waals surface area contributed by atoms with E-state index < -0.39 is 6.09 Å². The summed E-state index contributed by atoms with van der Waals surface area (Å²) in [5, 5.41) is 8.90. The molecule has 0 aromatic rings. The molecular formula is C9H20N2O2. The standard InChI is InChI=1S/C9H20N2O2/c1-5-8(2)11(9(12)13)7-6-10(3)4/h8H,5-7H2,1-4H3,(H,12,13). The monoisotopic (exact) mass is 188 g/mol. The highest BCUT2D eigenvalue weighted by Crippen LogP contribution is 2.03. The van der Waals surface area contributed by atoms with E-state index in [9.17, 15) is 4.79 Å². The second kappa shape index (κ2) is 5.80. The van der Waals surface area contributed by atoms with Crippen LogP contribution in [0.2, 0.25) is 0 Å². The third-order valence-electron chi connectivity index (χ3n) is 2.16. The van der Waals surface area contributed by atoms with Gasteiger partial charge in [-0.3, -0.25) is 0 Å². The number of hydrogen-bond acceptors (Lipinski definition) is 2. The minimum absolute atomic E-state index is 0.109. The predicted octanol–water partition coefficient (Wildman–Crippen LogP) is 1.33. The molecule has 0 saturated carbocycles. The molecule has 0 saturated heterocycles. The number of carbonyl (C=O) groups is 1. The zero-order valence-electron chi connectivity index (χ0n) is 8.95. The average molecular weight is 188 g/mol. The van der Waals surface area contributed by atoms with E-state index in [4.69, 9.17) is 5.11 Å². The van der Waals surface area contributed by atoms with Gasteiger partial charge in [0.1, 0.15) is 0 Å². The first-order valence-corrected chi connectivity index (χ1v) is 4.63. The van der Waals surface area contributed by atoms with Crippen molar-refractivity contribution in [3.63, 3.8) is 0 Å². The number of amides is 1. The fourth-order valence-electron chi connectivity index (χ4n) is 1.03. The fourth-order valence-corrected chi connectivity index (χ4v) is 1.03. The van der Waals surface area contributed by atoms with Crippen molar-refractivity contribution in [2.75, 3.05) is 27.2 Å². The van der Waals surface area contributed by atoms with Crippen LogP contribution in [0.3, 0.4) is 0 Å². The third kappa shape index (κ3) is 4.72. The largest absolute Gasteiger partial charge is 0.465 e. The lowest BCUT2D eigenvalue weighted by atomic mass is 10.2. The Balaban J connectivity index is 4.02. The lowest BCUT2D eigenvalue weighted by molar-refractivity contribution is 0.122. The molecule has 0 aromatic carbocycles. The second-order valence-corrected chi connectivity index (χ2v) is 3.54. The maximum absolute atomic E-state index is 10.8. The summed E-state index contributed by atoms with van der Waals surface area (Å²) < 4.78 is 0. The molecule has 1 unspecified atom stereocenters. The molecule has 1 atom stereocenters. The summed E-state index contributed by atoms with van der Waals surface area (Å²) in [5.41, 5.74) is 0. The van der Waals surface area contributed by atoms with Crippen LogP contribution in [-0.2, 0) is 0 Å². The number of likely N-dealkylation sites (N-methyl/N-ethyl adjacent to an activating group) is 1. The van der Waals surface area contributed by atoms with Gasteiger partial charge in [-0.15, -0.1) is 0 Å². The van der Waals surface area contributed by atoms with Gasteiger partial charge in [-0.05, 0) is 27.4 Å². The number of rotatable bonds is 5. The Morgan fingerprint density at radius 2 is 1.92 bits per heavy atom. The van der Waals surface area contributed by atoms with Gasteiger partial charge in [-0.2, -0.15) is 0 Å². The van der Waals surface area contributed by atoms with Gasteiger partial charge in [0, 0.05) is 19.1 Å². The summed E-state index contributed by atoms with van der Waals surface area (Å²) in [5.74, 6) is 0. The molecule has 0 aliphatic rings. The maximum Gasteiger partial charge on any atom is 0.407 e. The Kier molecular flexibility index (Phi) is 5.46. The van der Waals surface area contributed by atoms with Gasteiger partial charge >= 0.3 is 6.09 Å². The van der Waals surface area contributed by atoms with Gasteiger partial charge in [0.2, 0.25) is 0 Å². The van der Waals surface area contributed by atoms with Crippen LogP contribution >= 0.6 is 0 Å². The van der Waals surface area contributed by atoms with E-state index >= 15 is 0 Å². The van der Waals surface area contributed by atoms with Crippen molar-refractivity contribution >= 4 is 6.09 Å². The van der Waals surface area contributed by atoms with E-state index in [0.717, 1.165) is 13.0 Å². The van der Waals surface area contributed by atoms with Crippen molar-refractivity contribution < 1.29 is 9.90 Å². The van der Waals surface area contributed by atoms with E-state index in [2.05, 4.69) is 0 Å². The number of hydrogen-bond donors (Lipinski definition) is 1. The summed E-state index contributed by atoms with van der Waals surface area (Å²) in [6.07, 6.45) is 0.0379. The molecule has 13 heavy (non-hydrogen) atoms. The van der Waals surface area contributed by atoms with Gasteiger partial charge in [-0.25, -0.2) is 4.79 Å². The summed E-state index contributed by atoms with van der Waals surface area (Å²) in [6.45, 7) is 5.29. The zero-order valence-corrected chi connectivity index (χ0v) is 8.95. The van der Waals surface area contributed by atoms with Gasteiger partial charge in [0.05, 0.1) is 0 Å². The summed E-state index contributed by atoms with van der Waals surface area (Å²) in [4.78, 5) is 14.3. The molecule has 0 spiro atoms. The Labute approximate surface area is 80.1 Å². The fraction of sp³-hybridized carbons (Fsp3) is 0.889. The smallest absolute Gasteiger partial charge is 0.407 e. The van der Waals surface area contributed by atoms with Gasteiger partial charge in [0.25, 0.3) is 0 Å². The first-order valence-electron chi connectivity index (χ1n) is 4.63. The summed E-state index contributed by atoms with van der Waals surface area (Å²) in [6, 6.07) is 0.109. The van der Waals surface area contributed by atoms with E-state index in [1.807, 2.05) is 32.8 Å². The van der Waals surface area contributed by atoms with Crippen LogP contribution in [0.25, 0.3) is 0 Å². The summed E-state index contributed by atoms with van der Waals surface area (Å²) in [7, 11) is 3.88. The van der Waals surface area contributed by atoms with Gasteiger partial charge < -0.3 is 14.9 Å². The van der Waals surface area contributed by atoms with Crippen molar-refractivity contribution in [1.29, 1.82) is 0 Å². The predicted molar refractivity (Wildman–Crippen MR) is 53.0 cm³/mol. The van der Waals surface area contributed by atoms with Crippen molar-refractivity contribution in [3.05, 3.63) is 0 Å². The molecule has 0 rings (SSSR count). The highest BCUT2D eigenvalue weighted by Gasteiger charge is 2.16. The van der Waals surface area contributed by atoms with E-state index in [1.165, 1.54) is 4.90 Å². The lowest BCUT2D eigenvalue weighted by Gasteiger charge is -2.26. The molecular weight excluding hydrogens is 168 g/mol. The van der Waals surface area contributed by atoms with Crippen molar-refractivity contribution in [2.24, 2.45) is 0 Å². The van der Waals surface area contributed by atoms with Crippen LogP contribution in [0.1, 0.15) is 20.3 Å². The molecule has 0 bridgehead atoms. The quantitative estimate of drug-likeness (QED) is 0.707. The molecule has 1 N–H and O–H groups in total. The second-order valence-electron chi connectivity index (χ2n) is 3.54. The van der Waals surface area contributed by atoms with Crippen LogP contribution in [0.4, 0.5) is 4.79 Å². The SMILES string of the molecule is CCC(C)N(CCN(C)C)C(=O)O. The Morgan fingerprint density at radius 1 is 1.38 bits per heavy atom. The Bertz CT molecular complexity index is 160. The van der Waals surface area contributed by atoms with Gasteiger partial charge in [0.15, 0.2) is 0 Å². The van der Waals surface area contributed by atoms with E-state index in [-0.39, 0.29) is 6.04 Å². The lowest BCUT2D eigenvalue weighted by Crippen LogP contribution is -2.41. The Morgan fingerprint density at radius 3 is 2.23 bits per heavy atom. The normalized spacial score (nSPS) is 13.0. The van der Waals surface area contributed by atoms with Crippen molar-refractivity contribution in [3.8, 4) is 0 Å². The van der Waals surface area contributed by atoms with Crippen molar-refractivity contribution in [1.82, 2.24) is 9.80 Å². The topological polar surface area (TPSA) is 43.8 Å². The van der Waals surface area contributed by atoms with E-state index in [0.29, 0.717) is 6.54 Å². The molecule has 0 aliphatic heterocycles. The first kappa shape index (κ1) is 12.2. The minimum Gasteiger partial charge on any atom is -0.465 e. The van der Waals surface area contributed by atoms with Crippen LogP contribution in [0.15, 0.2) is 0 Å². The maximum atomic E-state index is 10.8. The average Bonchev–Trinajstić information content (AvgIpc) is 2.03. The van der Waals surface area contributed by atoms with Crippen LogP contribution in [-0.4, -0.2) is 54.2 Å². The highest BCUT2D eigenvalue weighted by molar-refractivity contribution is 5.65. The number of carboxylic acid groups (broad SMARTS) is 1. The molecule has 1 amide bonds. The Hall–Kier alpha value is -0.770. The van der Waals surface area contributed by atoms with Crippen LogP contribution < -0.4 is 0 Å². The van der Waals surface area contributed by atoms with E-state index in [1.54, 1.807) is 0 Å². The van der Waals surface area contributed by atoms with Crippen LogP contribution in [0, 0.1) is 0 Å². The molecule has 0 fully saturated rings. The minimum atomic E-state index is -0.823. The molecule has 4 heteroatoms. The molecule has 4 nitrogen and oxygen atoms in total. The van der Waals surface area contributed by atoms with Crippen LogP contribution in [0.5, 0.6) is 0 Å². The van der Waals surface area contributed by atoms with Crippen molar-refractivity contribution in [2.45, 2.75) is 26.3 Å². The number of nitrogens with zero attached hydrogens (tertiary/aromatic N) is 2. The molecule has 0 heterocycles. The molecule has 78 valence electrons. The van der Waals surface area contributed by atoms with Gasteiger partial charge in [-0.1, -0.05) is 6.92 Å². The molecule has 0 aliphatic carbocycles. The first-order chi connectivity index (χ1) is 5.99. The third-order valence-corrected chi connectivity index (χ3v) is 2.16. The highest BCUT2D eigenvalue weighted by atomic mass is 16.4. The zero-order chi connectivity index (χ0) is 10.4. The summed E-state index contributed by atoms with van der Waals surface area (Å²) >= 11 is 0. The molecule has 0 radical (unpaired) electrons. The molecule has 0 aromatic heterocycles.